The zero-order chi connectivity index (χ0) is 22.3. The molecule has 0 unspecified atom stereocenters. The monoisotopic (exact) mass is 432 g/mol. The van der Waals surface area contributed by atoms with E-state index in [4.69, 9.17) is 4.52 Å². The van der Waals surface area contributed by atoms with E-state index in [1.54, 1.807) is 0 Å². The fraction of sp³-hybridized carbons (Fsp3) is 0.423. The molecule has 1 fully saturated rings. The minimum Gasteiger partial charge on any atom is -0.340 e. The smallest absolute Gasteiger partial charge is 0.226 e. The van der Waals surface area contributed by atoms with E-state index >= 15 is 0 Å². The molecule has 1 aliphatic rings. The Labute approximate surface area is 190 Å². The number of rotatable bonds is 8. The highest BCUT2D eigenvalue weighted by Gasteiger charge is 2.21. The fourth-order valence-electron chi connectivity index (χ4n) is 4.03. The van der Waals surface area contributed by atoms with Gasteiger partial charge in [-0.05, 0) is 23.5 Å². The van der Waals surface area contributed by atoms with Gasteiger partial charge in [0, 0.05) is 51.1 Å². The van der Waals surface area contributed by atoms with Gasteiger partial charge >= 0.3 is 0 Å². The van der Waals surface area contributed by atoms with Crippen molar-refractivity contribution >= 4 is 5.91 Å². The number of aromatic nitrogens is 2. The predicted octanol–water partition coefficient (Wildman–Crippen LogP) is 4.53. The Bertz CT molecular complexity index is 990. The van der Waals surface area contributed by atoms with Gasteiger partial charge in [-0.1, -0.05) is 73.6 Å². The summed E-state index contributed by atoms with van der Waals surface area (Å²) in [6.45, 7) is 8.80. The molecule has 0 saturated carbocycles. The Balaban J connectivity index is 1.18. The van der Waals surface area contributed by atoms with Gasteiger partial charge in [0.2, 0.25) is 17.6 Å². The van der Waals surface area contributed by atoms with Crippen LogP contribution in [-0.4, -0.2) is 52.0 Å². The average molecular weight is 433 g/mol. The molecule has 4 rings (SSSR count). The Morgan fingerprint density at radius 3 is 2.41 bits per heavy atom. The van der Waals surface area contributed by atoms with Gasteiger partial charge in [0.15, 0.2) is 0 Å². The highest BCUT2D eigenvalue weighted by Crippen LogP contribution is 2.18. The lowest BCUT2D eigenvalue weighted by molar-refractivity contribution is -0.133. The molecule has 0 N–H and O–H groups in total. The van der Waals surface area contributed by atoms with Crippen LogP contribution in [0.1, 0.15) is 49.6 Å². The molecule has 32 heavy (non-hydrogen) atoms. The van der Waals surface area contributed by atoms with E-state index in [9.17, 15) is 4.79 Å². The molecule has 1 amide bonds. The lowest BCUT2D eigenvalue weighted by atomic mass is 10.0. The molecule has 168 valence electrons. The lowest BCUT2D eigenvalue weighted by Crippen LogP contribution is -2.48. The zero-order valence-corrected chi connectivity index (χ0v) is 19.0. The van der Waals surface area contributed by atoms with Crippen LogP contribution < -0.4 is 0 Å². The summed E-state index contributed by atoms with van der Waals surface area (Å²) in [5.41, 5.74) is 3.65. The minimum atomic E-state index is 0.216. The van der Waals surface area contributed by atoms with Crippen LogP contribution in [0, 0.1) is 0 Å². The second-order valence-electron chi connectivity index (χ2n) is 8.78. The van der Waals surface area contributed by atoms with Crippen molar-refractivity contribution in [2.24, 2.45) is 0 Å². The van der Waals surface area contributed by atoms with E-state index < -0.39 is 0 Å². The maximum atomic E-state index is 12.6. The molecule has 6 heteroatoms. The van der Waals surface area contributed by atoms with Crippen LogP contribution in [0.15, 0.2) is 59.1 Å². The molecular weight excluding hydrogens is 400 g/mol. The standard InChI is InChI=1S/C26H32N4O2/c1-20(2)22-13-11-21(12-14-22)19-29-15-17-30(18-16-29)25(31)10-6-9-24-27-26(28-32-24)23-7-4-3-5-8-23/h3-5,7-8,11-14,20H,6,9-10,15-19H2,1-2H3. The lowest BCUT2D eigenvalue weighted by Gasteiger charge is -2.34. The summed E-state index contributed by atoms with van der Waals surface area (Å²) in [4.78, 5) is 21.5. The molecule has 0 atom stereocenters. The third-order valence-corrected chi connectivity index (χ3v) is 6.06. The molecule has 1 aliphatic heterocycles. The SMILES string of the molecule is CC(C)c1ccc(CN2CCN(C(=O)CCCc3nc(-c4ccccc4)no3)CC2)cc1. The van der Waals surface area contributed by atoms with Gasteiger partial charge in [-0.2, -0.15) is 4.98 Å². The second-order valence-corrected chi connectivity index (χ2v) is 8.78. The number of carbonyl (C=O) groups excluding carboxylic acids is 1. The Morgan fingerprint density at radius 2 is 1.72 bits per heavy atom. The Morgan fingerprint density at radius 1 is 1.00 bits per heavy atom. The summed E-state index contributed by atoms with van der Waals surface area (Å²) < 4.78 is 5.34. The van der Waals surface area contributed by atoms with Crippen molar-refractivity contribution in [2.75, 3.05) is 26.2 Å². The molecule has 2 heterocycles. The third-order valence-electron chi connectivity index (χ3n) is 6.06. The number of hydrogen-bond acceptors (Lipinski definition) is 5. The first-order chi connectivity index (χ1) is 15.6. The Hall–Kier alpha value is -2.99. The van der Waals surface area contributed by atoms with E-state index in [0.29, 0.717) is 30.5 Å². The van der Waals surface area contributed by atoms with Gasteiger partial charge in [-0.25, -0.2) is 0 Å². The van der Waals surface area contributed by atoms with Crippen LogP contribution in [0.5, 0.6) is 0 Å². The third kappa shape index (κ3) is 5.82. The van der Waals surface area contributed by atoms with Gasteiger partial charge < -0.3 is 9.42 Å². The van der Waals surface area contributed by atoms with E-state index in [1.807, 2.05) is 35.2 Å². The van der Waals surface area contributed by atoms with Crippen LogP contribution in [0.2, 0.25) is 0 Å². The van der Waals surface area contributed by atoms with Gasteiger partial charge in [0.1, 0.15) is 0 Å². The number of aryl methyl sites for hydroxylation is 1. The van der Waals surface area contributed by atoms with Crippen molar-refractivity contribution in [3.63, 3.8) is 0 Å². The Kier molecular flexibility index (Phi) is 7.32. The molecule has 0 bridgehead atoms. The highest BCUT2D eigenvalue weighted by molar-refractivity contribution is 5.76. The van der Waals surface area contributed by atoms with E-state index in [-0.39, 0.29) is 5.91 Å². The quantitative estimate of drug-likeness (QED) is 0.523. The topological polar surface area (TPSA) is 62.5 Å². The maximum Gasteiger partial charge on any atom is 0.226 e. The average Bonchev–Trinajstić information content (AvgIpc) is 3.29. The summed E-state index contributed by atoms with van der Waals surface area (Å²) in [5.74, 6) is 1.96. The largest absolute Gasteiger partial charge is 0.340 e. The van der Waals surface area contributed by atoms with Crippen LogP contribution in [-0.2, 0) is 17.8 Å². The van der Waals surface area contributed by atoms with Crippen LogP contribution in [0.4, 0.5) is 0 Å². The first-order valence-corrected chi connectivity index (χ1v) is 11.6. The summed E-state index contributed by atoms with van der Waals surface area (Å²) in [6, 6.07) is 18.7. The maximum absolute atomic E-state index is 12.6. The van der Waals surface area contributed by atoms with Gasteiger partial charge in [0.25, 0.3) is 0 Å². The first-order valence-electron chi connectivity index (χ1n) is 11.6. The van der Waals surface area contributed by atoms with Crippen LogP contribution in [0.25, 0.3) is 11.4 Å². The summed E-state index contributed by atoms with van der Waals surface area (Å²) in [6.07, 6.45) is 1.86. The number of benzene rings is 2. The molecule has 0 spiro atoms. The van der Waals surface area contributed by atoms with Crippen LogP contribution >= 0.6 is 0 Å². The van der Waals surface area contributed by atoms with E-state index in [0.717, 1.165) is 44.7 Å². The molecule has 6 nitrogen and oxygen atoms in total. The molecule has 1 saturated heterocycles. The number of amides is 1. The minimum absolute atomic E-state index is 0.216. The van der Waals surface area contributed by atoms with Crippen LogP contribution in [0.3, 0.4) is 0 Å². The summed E-state index contributed by atoms with van der Waals surface area (Å²) in [5, 5.41) is 4.04. The molecule has 0 radical (unpaired) electrons. The zero-order valence-electron chi connectivity index (χ0n) is 19.0. The second kappa shape index (κ2) is 10.6. The molecular formula is C26H32N4O2. The van der Waals surface area contributed by atoms with E-state index in [2.05, 4.69) is 53.2 Å². The summed E-state index contributed by atoms with van der Waals surface area (Å²) >= 11 is 0. The molecule has 3 aromatic rings. The van der Waals surface area contributed by atoms with Crippen molar-refractivity contribution in [3.05, 3.63) is 71.6 Å². The first kappa shape index (κ1) is 22.2. The van der Waals surface area contributed by atoms with Crippen molar-refractivity contribution < 1.29 is 9.32 Å². The molecule has 1 aromatic heterocycles. The van der Waals surface area contributed by atoms with Gasteiger partial charge in [-0.15, -0.1) is 0 Å². The van der Waals surface area contributed by atoms with Gasteiger partial charge in [0.05, 0.1) is 0 Å². The number of carbonyl (C=O) groups is 1. The van der Waals surface area contributed by atoms with Crippen molar-refractivity contribution in [1.82, 2.24) is 19.9 Å². The highest BCUT2D eigenvalue weighted by atomic mass is 16.5. The molecule has 0 aliphatic carbocycles. The van der Waals surface area contributed by atoms with Crippen molar-refractivity contribution in [3.8, 4) is 11.4 Å². The van der Waals surface area contributed by atoms with Crippen molar-refractivity contribution in [2.45, 2.75) is 45.6 Å². The number of piperazine rings is 1. The van der Waals surface area contributed by atoms with Crippen molar-refractivity contribution in [1.29, 1.82) is 0 Å². The fourth-order valence-corrected chi connectivity index (χ4v) is 4.03. The summed E-state index contributed by atoms with van der Waals surface area (Å²) in [7, 11) is 0. The van der Waals surface area contributed by atoms with E-state index in [1.165, 1.54) is 11.1 Å². The predicted molar refractivity (Wildman–Crippen MR) is 125 cm³/mol. The van der Waals surface area contributed by atoms with Gasteiger partial charge in [-0.3, -0.25) is 9.69 Å². The normalized spacial score (nSPS) is 14.8. The molecule has 2 aromatic carbocycles. The number of nitrogens with zero attached hydrogens (tertiary/aromatic N) is 4. The number of hydrogen-bond donors (Lipinski definition) is 0.